The van der Waals surface area contributed by atoms with Crippen LogP contribution < -0.4 is 26.2 Å². The Morgan fingerprint density at radius 2 is 0.968 bits per heavy atom. The maximum absolute atomic E-state index is 2.59. The molecular weight excluding hydrogens is 768 g/mol. The van der Waals surface area contributed by atoms with Crippen LogP contribution in [-0.4, -0.2) is 6.71 Å². The average molecular weight is 829 g/mol. The highest BCUT2D eigenvalue weighted by Gasteiger charge is 2.45. The second-order valence-electron chi connectivity index (χ2n) is 22.2. The van der Waals surface area contributed by atoms with E-state index in [1.807, 2.05) is 11.3 Å². The van der Waals surface area contributed by atoms with Gasteiger partial charge < -0.3 is 9.80 Å². The molecule has 0 amide bonds. The van der Waals surface area contributed by atoms with Crippen molar-refractivity contribution >= 4 is 84.2 Å². The third kappa shape index (κ3) is 6.67. The molecule has 1 aliphatic carbocycles. The summed E-state index contributed by atoms with van der Waals surface area (Å²) in [6.07, 6.45) is 4.65. The van der Waals surface area contributed by atoms with Gasteiger partial charge in [0.1, 0.15) is 0 Å². The van der Waals surface area contributed by atoms with Crippen molar-refractivity contribution in [3.8, 4) is 0 Å². The molecule has 7 aromatic rings. The van der Waals surface area contributed by atoms with Gasteiger partial charge in [0, 0.05) is 43.7 Å². The highest BCUT2D eigenvalue weighted by atomic mass is 32.1. The lowest BCUT2D eigenvalue weighted by Gasteiger charge is -2.45. The highest BCUT2D eigenvalue weighted by Crippen LogP contribution is 2.48. The molecule has 0 N–H and O–H groups in total. The van der Waals surface area contributed by atoms with Crippen LogP contribution in [-0.2, 0) is 28.1 Å². The van der Waals surface area contributed by atoms with E-state index >= 15 is 0 Å². The van der Waals surface area contributed by atoms with E-state index in [0.29, 0.717) is 0 Å². The molecule has 0 saturated carbocycles. The molecule has 0 radical (unpaired) electrons. The number of nitrogens with zero attached hydrogens (tertiary/aromatic N) is 2. The Bertz CT molecular complexity index is 2940. The molecule has 2 aliphatic heterocycles. The fourth-order valence-electron chi connectivity index (χ4n) is 10.1. The zero-order valence-corrected chi connectivity index (χ0v) is 39.7. The van der Waals surface area contributed by atoms with E-state index in [1.54, 1.807) is 0 Å². The highest BCUT2D eigenvalue weighted by molar-refractivity contribution is 7.20. The standard InChI is InChI=1S/C58H61BN2S/c1-55(2,3)37-22-28-42(29-23-37)61-49-31-25-39(57(7,8)9)33-47(49)59-46-32-38(56(4,5)6)24-30-48(46)60(50-34-40(58(10,11)12)35-51(61)53(50)59)41-26-20-36(21-27-41)43-17-15-18-45-44-16-13-14-19-52(44)62-54(43)45/h13-14,16-17,19-35H,15,18H2,1-12H3. The van der Waals surface area contributed by atoms with E-state index in [4.69, 9.17) is 0 Å². The van der Waals surface area contributed by atoms with Gasteiger partial charge in [-0.2, -0.15) is 0 Å². The summed E-state index contributed by atoms with van der Waals surface area (Å²) in [7, 11) is 0. The predicted octanol–water partition coefficient (Wildman–Crippen LogP) is 14.6. The minimum Gasteiger partial charge on any atom is -0.311 e. The molecule has 0 fully saturated rings. The van der Waals surface area contributed by atoms with Gasteiger partial charge in [0.15, 0.2) is 0 Å². The van der Waals surface area contributed by atoms with Gasteiger partial charge in [-0.15, -0.1) is 11.3 Å². The summed E-state index contributed by atoms with van der Waals surface area (Å²) in [5.41, 5.74) is 21.1. The van der Waals surface area contributed by atoms with Crippen molar-refractivity contribution in [3.05, 3.63) is 166 Å². The van der Waals surface area contributed by atoms with Crippen LogP contribution >= 0.6 is 11.3 Å². The fourth-order valence-corrected chi connectivity index (χ4v) is 11.4. The molecule has 0 unspecified atom stereocenters. The van der Waals surface area contributed by atoms with E-state index in [-0.39, 0.29) is 28.4 Å². The molecule has 0 spiro atoms. The first-order valence-corrected chi connectivity index (χ1v) is 23.6. The summed E-state index contributed by atoms with van der Waals surface area (Å²) in [6.45, 7) is 28.1. The Balaban J connectivity index is 1.23. The Hall–Kier alpha value is -5.32. The van der Waals surface area contributed by atoms with Crippen LogP contribution in [0.25, 0.3) is 15.7 Å². The molecule has 0 bridgehead atoms. The van der Waals surface area contributed by atoms with Crippen LogP contribution in [0.5, 0.6) is 0 Å². The molecule has 10 rings (SSSR count). The van der Waals surface area contributed by atoms with Gasteiger partial charge in [-0.25, -0.2) is 0 Å². The molecule has 62 heavy (non-hydrogen) atoms. The number of benzene rings is 6. The Morgan fingerprint density at radius 1 is 0.484 bits per heavy atom. The summed E-state index contributed by atoms with van der Waals surface area (Å²) in [6, 6.07) is 47.6. The van der Waals surface area contributed by atoms with Crippen LogP contribution in [0.4, 0.5) is 34.1 Å². The number of allylic oxidation sites excluding steroid dienone is 1. The van der Waals surface area contributed by atoms with Gasteiger partial charge in [0.25, 0.3) is 6.71 Å². The summed E-state index contributed by atoms with van der Waals surface area (Å²) in [5.74, 6) is 0. The topological polar surface area (TPSA) is 6.48 Å². The summed E-state index contributed by atoms with van der Waals surface area (Å²) >= 11 is 1.95. The largest absolute Gasteiger partial charge is 0.311 e. The predicted molar refractivity (Wildman–Crippen MR) is 272 cm³/mol. The zero-order valence-electron chi connectivity index (χ0n) is 38.9. The fraction of sp³-hybridized carbons (Fsp3) is 0.310. The van der Waals surface area contributed by atoms with Crippen LogP contribution in [0.15, 0.2) is 127 Å². The lowest BCUT2D eigenvalue weighted by Crippen LogP contribution is -2.61. The Morgan fingerprint density at radius 3 is 1.48 bits per heavy atom. The number of hydrogen-bond donors (Lipinski definition) is 0. The van der Waals surface area contributed by atoms with Gasteiger partial charge >= 0.3 is 0 Å². The average Bonchev–Trinajstić information content (AvgIpc) is 3.61. The van der Waals surface area contributed by atoms with Gasteiger partial charge in [0.05, 0.1) is 0 Å². The van der Waals surface area contributed by atoms with E-state index in [9.17, 15) is 0 Å². The smallest absolute Gasteiger partial charge is 0.252 e. The number of fused-ring (bicyclic) bond motifs is 7. The number of hydrogen-bond acceptors (Lipinski definition) is 3. The number of anilines is 6. The SMILES string of the molecule is CC(C)(C)c1ccc(N2c3ccc(C(C)(C)C)cc3B3c4cc(C(C)(C)C)ccc4N(c4ccc(C5=CCCc6c5sc5ccccc65)cc4)c4cc(C(C)(C)C)cc2c43)cc1. The molecule has 4 heteroatoms. The quantitative estimate of drug-likeness (QED) is 0.164. The zero-order chi connectivity index (χ0) is 43.7. The second kappa shape index (κ2) is 14.1. The van der Waals surface area contributed by atoms with E-state index < -0.39 is 0 Å². The van der Waals surface area contributed by atoms with Crippen molar-refractivity contribution in [2.24, 2.45) is 0 Å². The third-order valence-electron chi connectivity index (χ3n) is 13.8. The second-order valence-corrected chi connectivity index (χ2v) is 23.3. The maximum Gasteiger partial charge on any atom is 0.252 e. The van der Waals surface area contributed by atoms with Crippen molar-refractivity contribution < 1.29 is 0 Å². The third-order valence-corrected chi connectivity index (χ3v) is 15.0. The van der Waals surface area contributed by atoms with Crippen molar-refractivity contribution in [3.63, 3.8) is 0 Å². The van der Waals surface area contributed by atoms with Gasteiger partial charge in [0.2, 0.25) is 0 Å². The lowest BCUT2D eigenvalue weighted by molar-refractivity contribution is 0.589. The Labute approximate surface area is 375 Å². The number of rotatable bonds is 3. The summed E-state index contributed by atoms with van der Waals surface area (Å²) < 4.78 is 1.38. The van der Waals surface area contributed by atoms with E-state index in [2.05, 4.69) is 220 Å². The first kappa shape index (κ1) is 40.7. The van der Waals surface area contributed by atoms with Crippen LogP contribution in [0.2, 0.25) is 0 Å². The maximum atomic E-state index is 2.59. The molecule has 1 aromatic heterocycles. The van der Waals surface area contributed by atoms with Crippen LogP contribution in [0.1, 0.15) is 128 Å². The van der Waals surface area contributed by atoms with Gasteiger partial charge in [-0.05, 0) is 150 Å². The molecule has 312 valence electrons. The van der Waals surface area contributed by atoms with E-state index in [0.717, 1.165) is 12.8 Å². The van der Waals surface area contributed by atoms with Crippen LogP contribution in [0.3, 0.4) is 0 Å². The minimum atomic E-state index is -0.0829. The summed E-state index contributed by atoms with van der Waals surface area (Å²) in [5, 5.41) is 1.42. The normalized spacial score (nSPS) is 15.0. The molecule has 3 aliphatic rings. The van der Waals surface area contributed by atoms with Crippen LogP contribution in [0, 0.1) is 0 Å². The molecule has 2 nitrogen and oxygen atoms in total. The van der Waals surface area contributed by atoms with Gasteiger partial charge in [-0.1, -0.05) is 156 Å². The molecular formula is C58H61BN2S. The minimum absolute atomic E-state index is 0.00364. The van der Waals surface area contributed by atoms with Crippen molar-refractivity contribution in [1.29, 1.82) is 0 Å². The van der Waals surface area contributed by atoms with Crippen molar-refractivity contribution in [2.45, 2.75) is 118 Å². The lowest BCUT2D eigenvalue weighted by atomic mass is 9.33. The number of thiophene rings is 1. The molecule has 6 aromatic carbocycles. The van der Waals surface area contributed by atoms with Gasteiger partial charge in [-0.3, -0.25) is 0 Å². The summed E-state index contributed by atoms with van der Waals surface area (Å²) in [4.78, 5) is 6.61. The first-order valence-electron chi connectivity index (χ1n) is 22.8. The van der Waals surface area contributed by atoms with E-state index in [1.165, 1.54) is 104 Å². The van der Waals surface area contributed by atoms with Crippen molar-refractivity contribution in [1.82, 2.24) is 0 Å². The monoisotopic (exact) mass is 828 g/mol. The number of aryl methyl sites for hydroxylation is 1. The van der Waals surface area contributed by atoms with Crippen molar-refractivity contribution in [2.75, 3.05) is 9.80 Å². The molecule has 0 atom stereocenters. The first-order chi connectivity index (χ1) is 29.3. The Kier molecular flexibility index (Phi) is 9.26. The molecule has 0 saturated heterocycles. The molecule has 3 heterocycles.